The van der Waals surface area contributed by atoms with E-state index in [9.17, 15) is 14.4 Å². The lowest BCUT2D eigenvalue weighted by molar-refractivity contribution is -0.122. The van der Waals surface area contributed by atoms with E-state index in [1.165, 1.54) is 0 Å². The molecule has 2 N–H and O–H groups in total. The number of anilines is 1. The van der Waals surface area contributed by atoms with Crippen LogP contribution in [0.15, 0.2) is 54.7 Å². The largest absolute Gasteiger partial charge is 0.355 e. The summed E-state index contributed by atoms with van der Waals surface area (Å²) >= 11 is 0. The Bertz CT molecular complexity index is 1280. The number of nitrogens with zero attached hydrogens (tertiary/aromatic N) is 2. The van der Waals surface area contributed by atoms with Crippen LogP contribution in [0.4, 0.5) is 5.69 Å². The van der Waals surface area contributed by atoms with Crippen molar-refractivity contribution in [2.24, 2.45) is 5.92 Å². The second-order valence-electron chi connectivity index (χ2n) is 9.36. The third kappa shape index (κ3) is 4.99. The van der Waals surface area contributed by atoms with Crippen molar-refractivity contribution in [1.82, 2.24) is 14.8 Å². The molecule has 0 aliphatic carbocycles. The molecule has 35 heavy (non-hydrogen) atoms. The normalized spacial score (nSPS) is 17.0. The van der Waals surface area contributed by atoms with Crippen molar-refractivity contribution < 1.29 is 14.4 Å². The Morgan fingerprint density at radius 3 is 2.69 bits per heavy atom. The second kappa shape index (κ2) is 10.2. The topological polar surface area (TPSA) is 83.4 Å². The summed E-state index contributed by atoms with van der Waals surface area (Å²) in [5.74, 6) is 0.493. The van der Waals surface area contributed by atoms with Crippen molar-refractivity contribution in [3.63, 3.8) is 0 Å². The second-order valence-corrected chi connectivity index (χ2v) is 9.36. The number of aromatic nitrogens is 1. The van der Waals surface area contributed by atoms with Crippen molar-refractivity contribution in [1.29, 1.82) is 0 Å². The molecule has 0 unspecified atom stereocenters. The summed E-state index contributed by atoms with van der Waals surface area (Å²) in [7, 11) is 0. The van der Waals surface area contributed by atoms with E-state index in [4.69, 9.17) is 0 Å². The maximum Gasteiger partial charge on any atom is 0.256 e. The van der Waals surface area contributed by atoms with Crippen molar-refractivity contribution in [2.75, 3.05) is 25.0 Å². The number of hydrogen-bond donors (Lipinski definition) is 2. The van der Waals surface area contributed by atoms with Gasteiger partial charge in [-0.05, 0) is 49.8 Å². The molecule has 3 aromatic rings. The van der Waals surface area contributed by atoms with Crippen molar-refractivity contribution in [3.05, 3.63) is 65.9 Å². The number of carbonyl (C=O) groups is 3. The fourth-order valence-corrected chi connectivity index (χ4v) is 5.13. The van der Waals surface area contributed by atoms with Crippen LogP contribution in [-0.4, -0.2) is 47.3 Å². The van der Waals surface area contributed by atoms with Gasteiger partial charge in [-0.1, -0.05) is 36.4 Å². The Kier molecular flexibility index (Phi) is 6.66. The first-order valence-corrected chi connectivity index (χ1v) is 12.3. The van der Waals surface area contributed by atoms with Crippen LogP contribution in [-0.2, 0) is 20.9 Å². The number of carbonyl (C=O) groups excluding carboxylic acids is 3. The van der Waals surface area contributed by atoms with Gasteiger partial charge in [0, 0.05) is 59.1 Å². The van der Waals surface area contributed by atoms with E-state index in [1.807, 2.05) is 70.3 Å². The molecular formula is C28H30N4O3. The number of fused-ring (bicyclic) bond motifs is 2. The molecule has 5 rings (SSSR count). The fraction of sp³-hybridized carbons (Fsp3) is 0.321. The zero-order valence-electron chi connectivity index (χ0n) is 19.7. The molecule has 2 aromatic carbocycles. The Hall–Kier alpha value is -3.87. The molecule has 1 fully saturated rings. The van der Waals surface area contributed by atoms with Crippen LogP contribution in [0, 0.1) is 5.92 Å². The van der Waals surface area contributed by atoms with Crippen molar-refractivity contribution >= 4 is 46.5 Å². The molecule has 7 nitrogen and oxygen atoms in total. The van der Waals surface area contributed by atoms with Crippen molar-refractivity contribution in [3.8, 4) is 0 Å². The van der Waals surface area contributed by atoms with E-state index in [2.05, 4.69) is 10.6 Å². The van der Waals surface area contributed by atoms with Crippen LogP contribution < -0.4 is 10.6 Å². The number of hydrogen-bond acceptors (Lipinski definition) is 3. The molecule has 2 aliphatic heterocycles. The first-order valence-electron chi connectivity index (χ1n) is 12.3. The molecule has 3 heterocycles. The first kappa shape index (κ1) is 22.9. The van der Waals surface area contributed by atoms with E-state index in [1.54, 1.807) is 0 Å². The van der Waals surface area contributed by atoms with Gasteiger partial charge in [-0.2, -0.15) is 0 Å². The molecule has 0 radical (unpaired) electrons. The monoisotopic (exact) mass is 470 g/mol. The predicted octanol–water partition coefficient (Wildman–Crippen LogP) is 3.90. The van der Waals surface area contributed by atoms with Gasteiger partial charge < -0.3 is 20.1 Å². The minimum atomic E-state index is -0.113. The van der Waals surface area contributed by atoms with Crippen LogP contribution in [0.3, 0.4) is 0 Å². The number of nitrogens with one attached hydrogen (secondary N) is 2. The quantitative estimate of drug-likeness (QED) is 0.298. The standard InChI is InChI=1S/C28H30N4O3/c33-19-31-14-11-20(12-15-31)6-5-13-29-27(34)18-32-17-21(22-7-2-4-10-26(22)32)16-24-23-8-1-3-9-25(23)30-28(24)35/h1-4,7-10,16-17,19-20H,5-6,11-15,18H2,(H,29,34)(H,30,35). The lowest BCUT2D eigenvalue weighted by atomic mass is 9.92. The van der Waals surface area contributed by atoms with Crippen LogP contribution in [0.5, 0.6) is 0 Å². The SMILES string of the molecule is O=CN1CCC(CCCNC(=O)Cn2cc(C=C3C(=O)Nc4ccccc43)c3ccccc32)CC1. The highest BCUT2D eigenvalue weighted by Crippen LogP contribution is 2.34. The maximum atomic E-state index is 12.7. The molecule has 7 heteroatoms. The van der Waals surface area contributed by atoms with Crippen molar-refractivity contribution in [2.45, 2.75) is 32.2 Å². The summed E-state index contributed by atoms with van der Waals surface area (Å²) in [5.41, 5.74) is 4.22. The summed E-state index contributed by atoms with van der Waals surface area (Å²) in [4.78, 5) is 38.0. The lowest BCUT2D eigenvalue weighted by Crippen LogP contribution is -2.33. The lowest BCUT2D eigenvalue weighted by Gasteiger charge is -2.29. The van der Waals surface area contributed by atoms with Crippen LogP contribution in [0.25, 0.3) is 22.6 Å². The van der Waals surface area contributed by atoms with Gasteiger partial charge in [0.05, 0.1) is 0 Å². The minimum absolute atomic E-state index is 0.0234. The van der Waals surface area contributed by atoms with Crippen LogP contribution in [0.1, 0.15) is 36.8 Å². The van der Waals surface area contributed by atoms with Gasteiger partial charge in [0.15, 0.2) is 0 Å². The number of likely N-dealkylation sites (tertiary alicyclic amines) is 1. The Morgan fingerprint density at radius 2 is 1.86 bits per heavy atom. The Labute approximate surface area is 204 Å². The molecule has 0 atom stereocenters. The highest BCUT2D eigenvalue weighted by atomic mass is 16.2. The van der Waals surface area contributed by atoms with E-state index in [0.29, 0.717) is 18.0 Å². The predicted molar refractivity (Wildman–Crippen MR) is 137 cm³/mol. The number of benzene rings is 2. The van der Waals surface area contributed by atoms with Gasteiger partial charge in [0.25, 0.3) is 5.91 Å². The van der Waals surface area contributed by atoms with Gasteiger partial charge in [0.1, 0.15) is 6.54 Å². The zero-order valence-corrected chi connectivity index (χ0v) is 19.7. The summed E-state index contributed by atoms with van der Waals surface area (Å²) < 4.78 is 1.95. The van der Waals surface area contributed by atoms with Crippen LogP contribution in [0.2, 0.25) is 0 Å². The minimum Gasteiger partial charge on any atom is -0.355 e. The smallest absolute Gasteiger partial charge is 0.256 e. The molecule has 180 valence electrons. The summed E-state index contributed by atoms with van der Waals surface area (Å²) in [5, 5.41) is 6.97. The number of para-hydroxylation sites is 2. The average Bonchev–Trinajstić information content (AvgIpc) is 3.39. The van der Waals surface area contributed by atoms with E-state index < -0.39 is 0 Å². The third-order valence-electron chi connectivity index (χ3n) is 7.05. The Morgan fingerprint density at radius 1 is 1.09 bits per heavy atom. The van der Waals surface area contributed by atoms with Gasteiger partial charge in [-0.3, -0.25) is 14.4 Å². The van der Waals surface area contributed by atoms with Gasteiger partial charge in [-0.15, -0.1) is 0 Å². The summed E-state index contributed by atoms with van der Waals surface area (Å²) in [6, 6.07) is 15.6. The highest BCUT2D eigenvalue weighted by Gasteiger charge is 2.24. The maximum absolute atomic E-state index is 12.7. The highest BCUT2D eigenvalue weighted by molar-refractivity contribution is 6.35. The van der Waals surface area contributed by atoms with E-state index in [-0.39, 0.29) is 18.4 Å². The van der Waals surface area contributed by atoms with Crippen LogP contribution >= 0.6 is 0 Å². The summed E-state index contributed by atoms with van der Waals surface area (Å²) in [6.07, 6.45) is 8.90. The third-order valence-corrected chi connectivity index (χ3v) is 7.05. The van der Waals surface area contributed by atoms with Gasteiger partial charge >= 0.3 is 0 Å². The number of rotatable bonds is 8. The van der Waals surface area contributed by atoms with E-state index in [0.717, 1.165) is 72.9 Å². The number of piperidine rings is 1. The molecular weight excluding hydrogens is 440 g/mol. The average molecular weight is 471 g/mol. The Balaban J connectivity index is 1.23. The molecule has 1 aromatic heterocycles. The fourth-order valence-electron chi connectivity index (χ4n) is 5.13. The first-order chi connectivity index (χ1) is 17.1. The van der Waals surface area contributed by atoms with Gasteiger partial charge in [0.2, 0.25) is 12.3 Å². The number of amides is 3. The molecule has 1 saturated heterocycles. The van der Waals surface area contributed by atoms with E-state index >= 15 is 0 Å². The molecule has 2 aliphatic rings. The molecule has 0 spiro atoms. The molecule has 3 amide bonds. The van der Waals surface area contributed by atoms with Gasteiger partial charge in [-0.25, -0.2) is 0 Å². The summed E-state index contributed by atoms with van der Waals surface area (Å²) in [6.45, 7) is 2.56. The molecule has 0 saturated carbocycles. The molecule has 0 bridgehead atoms. The zero-order chi connectivity index (χ0) is 24.2.